The van der Waals surface area contributed by atoms with Crippen LogP contribution in [0, 0.1) is 6.92 Å². The molecular formula is C23H18ClN3O4. The van der Waals surface area contributed by atoms with Gasteiger partial charge in [-0.05, 0) is 49.4 Å². The third kappa shape index (κ3) is 4.22. The molecule has 0 bridgehead atoms. The Hall–Kier alpha value is -3.84. The molecule has 0 radical (unpaired) electrons. The molecule has 1 N–H and O–H groups in total. The van der Waals surface area contributed by atoms with Crippen molar-refractivity contribution in [2.24, 2.45) is 0 Å². The van der Waals surface area contributed by atoms with Crippen molar-refractivity contribution >= 4 is 29.2 Å². The highest BCUT2D eigenvalue weighted by molar-refractivity contribution is 6.34. The largest absolute Gasteiger partial charge is 0.465 e. The molecule has 2 heterocycles. The molecule has 2 aromatic carbocycles. The average molecular weight is 436 g/mol. The molecule has 0 aliphatic heterocycles. The molecule has 0 spiro atoms. The van der Waals surface area contributed by atoms with Crippen LogP contribution >= 0.6 is 11.6 Å². The first-order valence-corrected chi connectivity index (χ1v) is 9.75. The number of nitrogens with one attached hydrogen (secondary N) is 1. The van der Waals surface area contributed by atoms with Gasteiger partial charge in [0.05, 0.1) is 34.6 Å². The normalized spacial score (nSPS) is 10.7. The average Bonchev–Trinajstić information content (AvgIpc) is 3.42. The highest BCUT2D eigenvalue weighted by Crippen LogP contribution is 2.28. The maximum atomic E-state index is 13.2. The van der Waals surface area contributed by atoms with Gasteiger partial charge in [0.15, 0.2) is 5.76 Å². The van der Waals surface area contributed by atoms with E-state index in [9.17, 15) is 9.59 Å². The number of para-hydroxylation sites is 1. The van der Waals surface area contributed by atoms with Crippen LogP contribution in [0.25, 0.3) is 17.1 Å². The van der Waals surface area contributed by atoms with E-state index in [4.69, 9.17) is 20.8 Å². The van der Waals surface area contributed by atoms with E-state index in [0.717, 1.165) is 5.69 Å². The van der Waals surface area contributed by atoms with Gasteiger partial charge in [0, 0.05) is 6.20 Å². The summed E-state index contributed by atoms with van der Waals surface area (Å²) in [5.41, 5.74) is 2.01. The van der Waals surface area contributed by atoms with Gasteiger partial charge in [-0.2, -0.15) is 5.10 Å². The maximum absolute atomic E-state index is 13.2. The lowest BCUT2D eigenvalue weighted by Gasteiger charge is -2.08. The Morgan fingerprint density at radius 1 is 1.10 bits per heavy atom. The summed E-state index contributed by atoms with van der Waals surface area (Å²) in [6, 6.07) is 17.5. The zero-order valence-corrected chi connectivity index (χ0v) is 17.5. The number of carbonyl (C=O) groups is 2. The Kier molecular flexibility index (Phi) is 5.60. The van der Waals surface area contributed by atoms with E-state index in [0.29, 0.717) is 17.2 Å². The Bertz CT molecular complexity index is 1260. The smallest absolute Gasteiger partial charge is 0.337 e. The molecule has 0 saturated carbocycles. The van der Waals surface area contributed by atoms with Crippen molar-refractivity contribution < 1.29 is 18.7 Å². The Morgan fingerprint density at radius 2 is 1.87 bits per heavy atom. The molecule has 4 aromatic rings. The van der Waals surface area contributed by atoms with Crippen molar-refractivity contribution in [1.82, 2.24) is 9.78 Å². The van der Waals surface area contributed by atoms with E-state index < -0.39 is 11.9 Å². The molecular weight excluding hydrogens is 418 g/mol. The van der Waals surface area contributed by atoms with Gasteiger partial charge >= 0.3 is 5.97 Å². The quantitative estimate of drug-likeness (QED) is 0.439. The Balaban J connectivity index is 1.74. The number of halogens is 1. The van der Waals surface area contributed by atoms with Crippen LogP contribution in [0.15, 0.2) is 71.3 Å². The minimum absolute atomic E-state index is 0.268. The van der Waals surface area contributed by atoms with E-state index in [-0.39, 0.29) is 21.8 Å². The molecule has 0 atom stereocenters. The van der Waals surface area contributed by atoms with Crippen molar-refractivity contribution in [3.05, 3.63) is 88.8 Å². The summed E-state index contributed by atoms with van der Waals surface area (Å²) < 4.78 is 12.0. The third-order valence-electron chi connectivity index (χ3n) is 4.59. The minimum Gasteiger partial charge on any atom is -0.465 e. The standard InChI is InChI=1S/C23H18ClN3O4/c1-14-8-11-20(31-14)21-17(13-27(26-21)16-6-4-3-5-7-16)22(28)25-19-12-15(23(29)30-2)9-10-18(19)24/h3-13H,1-2H3,(H,25,28). The Morgan fingerprint density at radius 3 is 2.55 bits per heavy atom. The van der Waals surface area contributed by atoms with Gasteiger partial charge < -0.3 is 14.5 Å². The lowest BCUT2D eigenvalue weighted by Crippen LogP contribution is -2.13. The number of aromatic nitrogens is 2. The SMILES string of the molecule is COC(=O)c1ccc(Cl)c(NC(=O)c2cn(-c3ccccc3)nc2-c2ccc(C)o2)c1. The second-order valence-electron chi connectivity index (χ2n) is 6.72. The van der Waals surface area contributed by atoms with Crippen molar-refractivity contribution in [3.63, 3.8) is 0 Å². The molecule has 31 heavy (non-hydrogen) atoms. The molecule has 0 aliphatic rings. The Labute approximate surface area is 183 Å². The first-order chi connectivity index (χ1) is 15.0. The van der Waals surface area contributed by atoms with E-state index in [1.54, 1.807) is 23.0 Å². The molecule has 0 unspecified atom stereocenters. The summed E-state index contributed by atoms with van der Waals surface area (Å²) in [4.78, 5) is 25.0. The number of amides is 1. The van der Waals surface area contributed by atoms with Crippen LogP contribution in [0.1, 0.15) is 26.5 Å². The van der Waals surface area contributed by atoms with Crippen molar-refractivity contribution in [2.45, 2.75) is 6.92 Å². The number of anilines is 1. The van der Waals surface area contributed by atoms with Crippen molar-refractivity contribution in [2.75, 3.05) is 12.4 Å². The number of esters is 1. The van der Waals surface area contributed by atoms with E-state index >= 15 is 0 Å². The number of methoxy groups -OCH3 is 1. The highest BCUT2D eigenvalue weighted by atomic mass is 35.5. The van der Waals surface area contributed by atoms with Gasteiger partial charge in [0.25, 0.3) is 5.91 Å². The van der Waals surface area contributed by atoms with Crippen molar-refractivity contribution in [3.8, 4) is 17.1 Å². The van der Waals surface area contributed by atoms with Crippen LogP contribution < -0.4 is 5.32 Å². The number of carbonyl (C=O) groups excluding carboxylic acids is 2. The van der Waals surface area contributed by atoms with Gasteiger partial charge in [-0.15, -0.1) is 0 Å². The predicted octanol–water partition coefficient (Wildman–Crippen LogP) is 5.13. The fourth-order valence-corrected chi connectivity index (χ4v) is 3.22. The number of rotatable bonds is 5. The van der Waals surface area contributed by atoms with Gasteiger partial charge in [-0.1, -0.05) is 29.8 Å². The van der Waals surface area contributed by atoms with Crippen LogP contribution in [0.5, 0.6) is 0 Å². The molecule has 8 heteroatoms. The van der Waals surface area contributed by atoms with Crippen LogP contribution in [0.2, 0.25) is 5.02 Å². The molecule has 2 aromatic heterocycles. The number of hydrogen-bond donors (Lipinski definition) is 1. The third-order valence-corrected chi connectivity index (χ3v) is 4.92. The molecule has 0 aliphatic carbocycles. The summed E-state index contributed by atoms with van der Waals surface area (Å²) in [5.74, 6) is 0.183. The monoisotopic (exact) mass is 435 g/mol. The summed E-state index contributed by atoms with van der Waals surface area (Å²) in [7, 11) is 1.28. The van der Waals surface area contributed by atoms with Crippen LogP contribution in [0.3, 0.4) is 0 Å². The number of furan rings is 1. The molecule has 0 fully saturated rings. The molecule has 0 saturated heterocycles. The zero-order valence-electron chi connectivity index (χ0n) is 16.8. The first-order valence-electron chi connectivity index (χ1n) is 9.37. The molecule has 156 valence electrons. The fraction of sp³-hybridized carbons (Fsp3) is 0.0870. The van der Waals surface area contributed by atoms with Crippen molar-refractivity contribution in [1.29, 1.82) is 0 Å². The van der Waals surface area contributed by atoms with E-state index in [2.05, 4.69) is 10.4 Å². The number of benzene rings is 2. The highest BCUT2D eigenvalue weighted by Gasteiger charge is 2.22. The minimum atomic E-state index is -0.532. The number of ether oxygens (including phenoxy) is 1. The number of aryl methyl sites for hydroxylation is 1. The van der Waals surface area contributed by atoms with E-state index in [1.807, 2.05) is 37.3 Å². The molecule has 4 rings (SSSR count). The molecule has 1 amide bonds. The van der Waals surface area contributed by atoms with Gasteiger partial charge in [-0.3, -0.25) is 4.79 Å². The zero-order chi connectivity index (χ0) is 22.0. The summed E-state index contributed by atoms with van der Waals surface area (Å²) in [5, 5.41) is 7.60. The topological polar surface area (TPSA) is 86.4 Å². The maximum Gasteiger partial charge on any atom is 0.337 e. The first kappa shape index (κ1) is 20.4. The lowest BCUT2D eigenvalue weighted by molar-refractivity contribution is 0.0600. The van der Waals surface area contributed by atoms with Gasteiger partial charge in [-0.25, -0.2) is 9.48 Å². The second kappa shape index (κ2) is 8.49. The van der Waals surface area contributed by atoms with Gasteiger partial charge in [0.2, 0.25) is 0 Å². The number of hydrogen-bond acceptors (Lipinski definition) is 5. The predicted molar refractivity (Wildman–Crippen MR) is 117 cm³/mol. The summed E-state index contributed by atoms with van der Waals surface area (Å²) in [6.07, 6.45) is 1.62. The van der Waals surface area contributed by atoms with Gasteiger partial charge in [0.1, 0.15) is 11.5 Å². The lowest BCUT2D eigenvalue weighted by atomic mass is 10.1. The van der Waals surface area contributed by atoms with Crippen LogP contribution in [0.4, 0.5) is 5.69 Å². The molecule has 7 nitrogen and oxygen atoms in total. The summed E-state index contributed by atoms with van der Waals surface area (Å²) >= 11 is 6.23. The summed E-state index contributed by atoms with van der Waals surface area (Å²) in [6.45, 7) is 1.81. The van der Waals surface area contributed by atoms with E-state index in [1.165, 1.54) is 25.3 Å². The fourth-order valence-electron chi connectivity index (χ4n) is 3.05. The second-order valence-corrected chi connectivity index (χ2v) is 7.13. The van der Waals surface area contributed by atoms with Crippen LogP contribution in [-0.2, 0) is 4.74 Å². The number of nitrogens with zero attached hydrogens (tertiary/aromatic N) is 2. The van der Waals surface area contributed by atoms with Crippen LogP contribution in [-0.4, -0.2) is 28.8 Å².